The Kier molecular flexibility index (Phi) is 2.17. The molecule has 1 aliphatic rings. The van der Waals surface area contributed by atoms with Gasteiger partial charge in [0.25, 0.3) is 0 Å². The highest BCUT2D eigenvalue weighted by Gasteiger charge is 2.16. The van der Waals surface area contributed by atoms with Crippen LogP contribution in [0, 0.1) is 10.1 Å². The summed E-state index contributed by atoms with van der Waals surface area (Å²) in [5.74, 6) is 0.843. The van der Waals surface area contributed by atoms with Gasteiger partial charge < -0.3 is 4.90 Å². The van der Waals surface area contributed by atoms with E-state index in [1.807, 2.05) is 6.07 Å². The molecule has 0 aliphatic carbocycles. The molecule has 88 valence electrons. The van der Waals surface area contributed by atoms with E-state index in [-0.39, 0.29) is 5.69 Å². The third-order valence-electron chi connectivity index (χ3n) is 2.93. The molecule has 17 heavy (non-hydrogen) atoms. The lowest BCUT2D eigenvalue weighted by Gasteiger charge is -2.12. The summed E-state index contributed by atoms with van der Waals surface area (Å²) in [6.07, 6.45) is 4.98. The summed E-state index contributed by atoms with van der Waals surface area (Å²) in [5, 5.41) is 14.9. The summed E-state index contributed by atoms with van der Waals surface area (Å²) in [7, 11) is 0. The Labute approximate surface area is 96.8 Å². The molecule has 0 N–H and O–H groups in total. The number of nitrogens with zero attached hydrogens (tertiary/aromatic N) is 5. The molecular formula is C10H11N5O2. The van der Waals surface area contributed by atoms with Gasteiger partial charge in [-0.3, -0.25) is 10.1 Å². The lowest BCUT2D eigenvalue weighted by Crippen LogP contribution is -2.17. The molecule has 1 saturated heterocycles. The number of nitro groups is 1. The number of anilines is 1. The molecule has 3 heterocycles. The summed E-state index contributed by atoms with van der Waals surface area (Å²) in [5.41, 5.74) is 0.589. The highest BCUT2D eigenvalue weighted by molar-refractivity contribution is 5.53. The van der Waals surface area contributed by atoms with Crippen molar-refractivity contribution in [2.45, 2.75) is 12.8 Å². The van der Waals surface area contributed by atoms with Crippen LogP contribution in [-0.2, 0) is 0 Å². The molecule has 0 spiro atoms. The molecule has 0 aromatic carbocycles. The van der Waals surface area contributed by atoms with Gasteiger partial charge in [-0.05, 0) is 12.8 Å². The molecule has 7 heteroatoms. The van der Waals surface area contributed by atoms with Crippen molar-refractivity contribution >= 4 is 17.2 Å². The summed E-state index contributed by atoms with van der Waals surface area (Å²) >= 11 is 0. The quantitative estimate of drug-likeness (QED) is 0.576. The van der Waals surface area contributed by atoms with Crippen molar-refractivity contribution in [3.05, 3.63) is 28.6 Å². The predicted molar refractivity (Wildman–Crippen MR) is 61.1 cm³/mol. The Morgan fingerprint density at radius 1 is 1.35 bits per heavy atom. The van der Waals surface area contributed by atoms with Crippen molar-refractivity contribution < 1.29 is 4.92 Å². The fraction of sp³-hybridized carbons (Fsp3) is 0.400. The van der Waals surface area contributed by atoms with Gasteiger partial charge in [0.15, 0.2) is 11.5 Å². The zero-order valence-electron chi connectivity index (χ0n) is 9.11. The lowest BCUT2D eigenvalue weighted by atomic mass is 10.4. The van der Waals surface area contributed by atoms with Gasteiger partial charge in [0.1, 0.15) is 12.4 Å². The summed E-state index contributed by atoms with van der Waals surface area (Å²) in [4.78, 5) is 16.3. The maximum Gasteiger partial charge on any atom is 0.305 e. The maximum absolute atomic E-state index is 10.6. The molecule has 0 atom stereocenters. The highest BCUT2D eigenvalue weighted by atomic mass is 16.6. The van der Waals surface area contributed by atoms with Crippen LogP contribution in [0.2, 0.25) is 0 Å². The molecule has 1 fully saturated rings. The van der Waals surface area contributed by atoms with E-state index in [1.54, 1.807) is 0 Å². The first kappa shape index (κ1) is 10.0. The third-order valence-corrected chi connectivity index (χ3v) is 2.93. The minimum atomic E-state index is -0.469. The van der Waals surface area contributed by atoms with Gasteiger partial charge >= 0.3 is 5.69 Å². The van der Waals surface area contributed by atoms with E-state index in [4.69, 9.17) is 0 Å². The largest absolute Gasteiger partial charge is 0.355 e. The molecule has 2 aromatic rings. The molecule has 0 bridgehead atoms. The van der Waals surface area contributed by atoms with E-state index in [0.717, 1.165) is 18.9 Å². The second-order valence-electron chi connectivity index (χ2n) is 4.07. The first-order chi connectivity index (χ1) is 8.24. The van der Waals surface area contributed by atoms with Crippen molar-refractivity contribution in [2.75, 3.05) is 18.0 Å². The van der Waals surface area contributed by atoms with Gasteiger partial charge in [0.2, 0.25) is 0 Å². The zero-order chi connectivity index (χ0) is 11.8. The highest BCUT2D eigenvalue weighted by Crippen LogP contribution is 2.20. The van der Waals surface area contributed by atoms with Crippen LogP contribution in [0.15, 0.2) is 18.5 Å². The maximum atomic E-state index is 10.6. The number of hydrogen-bond donors (Lipinski definition) is 0. The SMILES string of the molecule is O=[N+]([O-])c1cnc2cc(N3CCCC3)nn2c1. The van der Waals surface area contributed by atoms with Gasteiger partial charge in [-0.1, -0.05) is 0 Å². The molecule has 7 nitrogen and oxygen atoms in total. The van der Waals surface area contributed by atoms with Gasteiger partial charge in [-0.15, -0.1) is 5.10 Å². The molecule has 2 aromatic heterocycles. The van der Waals surface area contributed by atoms with E-state index in [2.05, 4.69) is 15.0 Å². The Bertz CT molecular complexity index is 573. The van der Waals surface area contributed by atoms with E-state index in [1.165, 1.54) is 29.8 Å². The average molecular weight is 233 g/mol. The fourth-order valence-corrected chi connectivity index (χ4v) is 2.05. The zero-order valence-corrected chi connectivity index (χ0v) is 9.11. The van der Waals surface area contributed by atoms with E-state index >= 15 is 0 Å². The predicted octanol–water partition coefficient (Wildman–Crippen LogP) is 1.24. The number of hydrogen-bond acceptors (Lipinski definition) is 5. The van der Waals surface area contributed by atoms with Crippen LogP contribution in [0.5, 0.6) is 0 Å². The molecule has 0 unspecified atom stereocenters. The van der Waals surface area contributed by atoms with Crippen molar-refractivity contribution in [1.82, 2.24) is 14.6 Å². The van der Waals surface area contributed by atoms with Gasteiger partial charge in [-0.2, -0.15) is 0 Å². The van der Waals surface area contributed by atoms with Crippen molar-refractivity contribution in [3.8, 4) is 0 Å². The monoisotopic (exact) mass is 233 g/mol. The van der Waals surface area contributed by atoms with Crippen LogP contribution in [-0.4, -0.2) is 32.6 Å². The molecule has 3 rings (SSSR count). The van der Waals surface area contributed by atoms with Crippen LogP contribution in [0.3, 0.4) is 0 Å². The second-order valence-corrected chi connectivity index (χ2v) is 4.07. The smallest absolute Gasteiger partial charge is 0.305 e. The van der Waals surface area contributed by atoms with Crippen molar-refractivity contribution in [1.29, 1.82) is 0 Å². The molecule has 0 radical (unpaired) electrons. The second kappa shape index (κ2) is 3.69. The van der Waals surface area contributed by atoms with Crippen molar-refractivity contribution in [3.63, 3.8) is 0 Å². The molecule has 0 saturated carbocycles. The number of rotatable bonds is 2. The van der Waals surface area contributed by atoms with Gasteiger partial charge in [-0.25, -0.2) is 9.50 Å². The van der Waals surface area contributed by atoms with E-state index < -0.39 is 4.92 Å². The third kappa shape index (κ3) is 1.69. The van der Waals surface area contributed by atoms with Gasteiger partial charge in [0.05, 0.1) is 4.92 Å². The minimum absolute atomic E-state index is 0.0476. The summed E-state index contributed by atoms with van der Waals surface area (Å²) < 4.78 is 1.46. The Hall–Kier alpha value is -2.18. The van der Waals surface area contributed by atoms with E-state index in [0.29, 0.717) is 5.65 Å². The lowest BCUT2D eigenvalue weighted by molar-refractivity contribution is -0.385. The Morgan fingerprint density at radius 2 is 2.12 bits per heavy atom. The molecule has 1 aliphatic heterocycles. The topological polar surface area (TPSA) is 76.6 Å². The van der Waals surface area contributed by atoms with Crippen LogP contribution in [0.1, 0.15) is 12.8 Å². The summed E-state index contributed by atoms with van der Waals surface area (Å²) in [6, 6.07) is 1.86. The van der Waals surface area contributed by atoms with Crippen LogP contribution < -0.4 is 4.90 Å². The first-order valence-electron chi connectivity index (χ1n) is 5.49. The normalized spacial score (nSPS) is 15.6. The Morgan fingerprint density at radius 3 is 2.82 bits per heavy atom. The minimum Gasteiger partial charge on any atom is -0.355 e. The van der Waals surface area contributed by atoms with E-state index in [9.17, 15) is 10.1 Å². The van der Waals surface area contributed by atoms with Crippen LogP contribution in [0.4, 0.5) is 11.5 Å². The number of aromatic nitrogens is 3. The summed E-state index contributed by atoms with van der Waals surface area (Å²) in [6.45, 7) is 1.98. The van der Waals surface area contributed by atoms with Gasteiger partial charge in [0, 0.05) is 19.2 Å². The fourth-order valence-electron chi connectivity index (χ4n) is 2.05. The average Bonchev–Trinajstić information content (AvgIpc) is 2.96. The van der Waals surface area contributed by atoms with Crippen LogP contribution >= 0.6 is 0 Å². The molecular weight excluding hydrogens is 222 g/mol. The van der Waals surface area contributed by atoms with Crippen LogP contribution in [0.25, 0.3) is 5.65 Å². The number of fused-ring (bicyclic) bond motifs is 1. The Balaban J connectivity index is 2.03. The molecule has 0 amide bonds. The first-order valence-corrected chi connectivity index (χ1v) is 5.49. The van der Waals surface area contributed by atoms with Crippen molar-refractivity contribution in [2.24, 2.45) is 0 Å². The standard InChI is InChI=1S/C10H11N5O2/c16-15(17)8-6-11-9-5-10(12-14(9)7-8)13-3-1-2-4-13/h5-7H,1-4H2.